The van der Waals surface area contributed by atoms with E-state index in [0.717, 1.165) is 12.0 Å². The quantitative estimate of drug-likeness (QED) is 0.443. The van der Waals surface area contributed by atoms with E-state index < -0.39 is 5.97 Å². The lowest BCUT2D eigenvalue weighted by Gasteiger charge is -2.09. The number of rotatable bonds is 5. The summed E-state index contributed by atoms with van der Waals surface area (Å²) in [6.07, 6.45) is 3.86. The van der Waals surface area contributed by atoms with Gasteiger partial charge in [-0.2, -0.15) is 0 Å². The number of hydrogen-bond acceptors (Lipinski definition) is 4. The first-order valence-electron chi connectivity index (χ1n) is 5.11. The SMILES string of the molecule is C=CCc1ccc(OC(=O)C2=CO2)c(OC)c1. The third-order valence-electron chi connectivity index (χ3n) is 2.25. The minimum Gasteiger partial charge on any atom is -0.493 e. The lowest BCUT2D eigenvalue weighted by atomic mass is 10.1. The van der Waals surface area contributed by atoms with Gasteiger partial charge in [-0.05, 0) is 24.1 Å². The molecule has 0 amide bonds. The van der Waals surface area contributed by atoms with Gasteiger partial charge in [-0.25, -0.2) is 4.79 Å². The molecule has 1 heterocycles. The molecule has 2 rings (SSSR count). The van der Waals surface area contributed by atoms with Crippen LogP contribution in [-0.4, -0.2) is 13.1 Å². The second-order valence-corrected chi connectivity index (χ2v) is 3.47. The molecule has 1 aliphatic rings. The lowest BCUT2D eigenvalue weighted by molar-refractivity contribution is -0.131. The molecule has 0 unspecified atom stereocenters. The molecule has 0 N–H and O–H groups in total. The molecule has 1 aliphatic heterocycles. The van der Waals surface area contributed by atoms with Crippen molar-refractivity contribution in [3.63, 3.8) is 0 Å². The van der Waals surface area contributed by atoms with Crippen LogP contribution in [0.25, 0.3) is 0 Å². The molecule has 1 aromatic carbocycles. The average molecular weight is 232 g/mol. The zero-order chi connectivity index (χ0) is 12.3. The summed E-state index contributed by atoms with van der Waals surface area (Å²) in [4.78, 5) is 11.4. The first kappa shape index (κ1) is 11.3. The van der Waals surface area contributed by atoms with Gasteiger partial charge in [0, 0.05) is 0 Å². The topological polar surface area (TPSA) is 48.1 Å². The van der Waals surface area contributed by atoms with E-state index in [2.05, 4.69) is 11.3 Å². The van der Waals surface area contributed by atoms with Crippen LogP contribution in [0.3, 0.4) is 0 Å². The zero-order valence-corrected chi connectivity index (χ0v) is 9.43. The average Bonchev–Trinajstić information content (AvgIpc) is 3.15. The Morgan fingerprint density at radius 3 is 2.82 bits per heavy atom. The van der Waals surface area contributed by atoms with Crippen LogP contribution >= 0.6 is 0 Å². The summed E-state index contributed by atoms with van der Waals surface area (Å²) in [5.41, 5.74) is 1.04. The van der Waals surface area contributed by atoms with E-state index >= 15 is 0 Å². The highest BCUT2D eigenvalue weighted by atomic mass is 16.6. The molecule has 0 spiro atoms. The summed E-state index contributed by atoms with van der Waals surface area (Å²) in [5, 5.41) is 0. The number of hydrogen-bond donors (Lipinski definition) is 0. The normalized spacial score (nSPS) is 12.2. The maximum atomic E-state index is 11.4. The van der Waals surface area contributed by atoms with Gasteiger partial charge in [-0.1, -0.05) is 12.1 Å². The molecule has 0 fully saturated rings. The van der Waals surface area contributed by atoms with Gasteiger partial charge in [-0.3, -0.25) is 0 Å². The van der Waals surface area contributed by atoms with Crippen LogP contribution in [0.15, 0.2) is 42.9 Å². The van der Waals surface area contributed by atoms with Crippen molar-refractivity contribution < 1.29 is 19.0 Å². The Morgan fingerprint density at radius 1 is 1.47 bits per heavy atom. The Balaban J connectivity index is 2.17. The highest BCUT2D eigenvalue weighted by molar-refractivity contribution is 5.90. The van der Waals surface area contributed by atoms with Crippen molar-refractivity contribution in [2.24, 2.45) is 0 Å². The number of allylic oxidation sites excluding steroid dienone is 1. The molecule has 0 bridgehead atoms. The molecular formula is C13H12O4. The van der Waals surface area contributed by atoms with Crippen molar-refractivity contribution in [1.29, 1.82) is 0 Å². The van der Waals surface area contributed by atoms with Crippen LogP contribution < -0.4 is 9.47 Å². The van der Waals surface area contributed by atoms with Gasteiger partial charge in [0.1, 0.15) is 6.26 Å². The molecular weight excluding hydrogens is 220 g/mol. The molecule has 1 aromatic rings. The van der Waals surface area contributed by atoms with Gasteiger partial charge in [0.15, 0.2) is 11.5 Å². The molecule has 4 heteroatoms. The van der Waals surface area contributed by atoms with Crippen LogP contribution in [0.4, 0.5) is 0 Å². The number of benzene rings is 1. The van der Waals surface area contributed by atoms with Crippen molar-refractivity contribution in [2.45, 2.75) is 6.42 Å². The molecule has 0 aliphatic carbocycles. The largest absolute Gasteiger partial charge is 0.493 e. The summed E-state index contributed by atoms with van der Waals surface area (Å²) >= 11 is 0. The fraction of sp³-hybridized carbons (Fsp3) is 0.154. The number of carbonyl (C=O) groups excluding carboxylic acids is 1. The zero-order valence-electron chi connectivity index (χ0n) is 9.43. The fourth-order valence-electron chi connectivity index (χ4n) is 1.37. The molecule has 4 nitrogen and oxygen atoms in total. The second-order valence-electron chi connectivity index (χ2n) is 3.47. The Morgan fingerprint density at radius 2 is 2.24 bits per heavy atom. The van der Waals surface area contributed by atoms with E-state index in [0.29, 0.717) is 11.5 Å². The van der Waals surface area contributed by atoms with Crippen molar-refractivity contribution in [1.82, 2.24) is 0 Å². The monoisotopic (exact) mass is 232 g/mol. The van der Waals surface area contributed by atoms with Gasteiger partial charge >= 0.3 is 5.97 Å². The van der Waals surface area contributed by atoms with Crippen LogP contribution in [0, 0.1) is 0 Å². The van der Waals surface area contributed by atoms with E-state index in [9.17, 15) is 4.79 Å². The summed E-state index contributed by atoms with van der Waals surface area (Å²) in [6, 6.07) is 5.36. The van der Waals surface area contributed by atoms with Gasteiger partial charge in [-0.15, -0.1) is 6.58 Å². The first-order valence-corrected chi connectivity index (χ1v) is 5.11. The van der Waals surface area contributed by atoms with Crippen molar-refractivity contribution >= 4 is 5.97 Å². The maximum Gasteiger partial charge on any atom is 0.383 e. The van der Waals surface area contributed by atoms with Gasteiger partial charge in [0.05, 0.1) is 7.11 Å². The number of methoxy groups -OCH3 is 1. The van der Waals surface area contributed by atoms with Crippen molar-refractivity contribution in [3.05, 3.63) is 48.4 Å². The molecule has 0 radical (unpaired) electrons. The third kappa shape index (κ3) is 2.66. The standard InChI is InChI=1S/C13H12O4/c1-3-4-9-5-6-10(11(7-9)15-2)17-13(14)12-8-16-12/h3,5-8H,1,4H2,2H3. The van der Waals surface area contributed by atoms with E-state index in [1.54, 1.807) is 12.1 Å². The molecule has 0 atom stereocenters. The Kier molecular flexibility index (Phi) is 3.14. The molecule has 0 aromatic heterocycles. The van der Waals surface area contributed by atoms with E-state index in [1.807, 2.05) is 12.1 Å². The smallest absolute Gasteiger partial charge is 0.383 e. The Hall–Kier alpha value is -2.23. The van der Waals surface area contributed by atoms with E-state index in [1.165, 1.54) is 13.4 Å². The van der Waals surface area contributed by atoms with Crippen LogP contribution in [0.2, 0.25) is 0 Å². The van der Waals surface area contributed by atoms with Gasteiger partial charge < -0.3 is 14.2 Å². The molecule has 88 valence electrons. The van der Waals surface area contributed by atoms with Crippen LogP contribution in [0.5, 0.6) is 11.5 Å². The predicted molar refractivity (Wildman–Crippen MR) is 61.7 cm³/mol. The minimum atomic E-state index is -0.514. The minimum absolute atomic E-state index is 0.224. The van der Waals surface area contributed by atoms with E-state index in [4.69, 9.17) is 9.47 Å². The van der Waals surface area contributed by atoms with Crippen LogP contribution in [-0.2, 0) is 16.0 Å². The molecule has 0 saturated carbocycles. The summed E-state index contributed by atoms with van der Waals surface area (Å²) in [7, 11) is 1.53. The summed E-state index contributed by atoms with van der Waals surface area (Å²) in [6.45, 7) is 3.66. The van der Waals surface area contributed by atoms with Crippen LogP contribution in [0.1, 0.15) is 5.56 Å². The first-order chi connectivity index (χ1) is 8.24. The third-order valence-corrected chi connectivity index (χ3v) is 2.25. The molecule has 17 heavy (non-hydrogen) atoms. The van der Waals surface area contributed by atoms with E-state index in [-0.39, 0.29) is 5.76 Å². The number of esters is 1. The Bertz CT molecular complexity index is 488. The summed E-state index contributed by atoms with van der Waals surface area (Å²) in [5.74, 6) is 0.600. The second kappa shape index (κ2) is 4.74. The van der Waals surface area contributed by atoms with Gasteiger partial charge in [0.2, 0.25) is 5.76 Å². The Labute approximate surface area is 99.1 Å². The van der Waals surface area contributed by atoms with Crippen molar-refractivity contribution in [2.75, 3.05) is 7.11 Å². The summed E-state index contributed by atoms with van der Waals surface area (Å²) < 4.78 is 14.9. The highest BCUT2D eigenvalue weighted by Crippen LogP contribution is 2.30. The van der Waals surface area contributed by atoms with Crippen molar-refractivity contribution in [3.8, 4) is 11.5 Å². The number of carbonyl (C=O) groups is 1. The lowest BCUT2D eigenvalue weighted by Crippen LogP contribution is -2.07. The van der Waals surface area contributed by atoms with Gasteiger partial charge in [0.25, 0.3) is 0 Å². The predicted octanol–water partition coefficient (Wildman–Crippen LogP) is 2.20. The molecule has 0 saturated heterocycles. The highest BCUT2D eigenvalue weighted by Gasteiger charge is 2.24. The fourth-order valence-corrected chi connectivity index (χ4v) is 1.37. The maximum absolute atomic E-state index is 11.4. The number of ether oxygens (including phenoxy) is 3.